The van der Waals surface area contributed by atoms with E-state index in [0.29, 0.717) is 51.5 Å². The Kier molecular flexibility index (Phi) is 5.39. The maximum absolute atomic E-state index is 13.3. The third kappa shape index (κ3) is 4.25. The highest BCUT2D eigenvalue weighted by molar-refractivity contribution is 5.22. The van der Waals surface area contributed by atoms with Gasteiger partial charge in [-0.15, -0.1) is 0 Å². The average Bonchev–Trinajstić information content (AvgIpc) is 2.97. The van der Waals surface area contributed by atoms with Crippen LogP contribution in [0.5, 0.6) is 5.75 Å². The van der Waals surface area contributed by atoms with Gasteiger partial charge in [-0.1, -0.05) is 6.07 Å². The standard InChI is InChI=1S/C18H26FNO4/c1-22-18(14-24-16-4-2-3-15(19)11-16)5-8-20(13-18)12-17(21)6-9-23-10-7-17/h2-4,11,21H,5-10,12-14H2,1H3/t18-/m1/s1. The van der Waals surface area contributed by atoms with Crippen LogP contribution in [0, 0.1) is 5.82 Å². The second kappa shape index (κ2) is 7.35. The lowest BCUT2D eigenvalue weighted by molar-refractivity contribution is -0.0837. The van der Waals surface area contributed by atoms with Gasteiger partial charge in [-0.25, -0.2) is 4.39 Å². The van der Waals surface area contributed by atoms with Crippen LogP contribution in [0.3, 0.4) is 0 Å². The molecule has 24 heavy (non-hydrogen) atoms. The van der Waals surface area contributed by atoms with Gasteiger partial charge in [-0.2, -0.15) is 0 Å². The summed E-state index contributed by atoms with van der Waals surface area (Å²) in [7, 11) is 1.68. The van der Waals surface area contributed by atoms with E-state index in [0.717, 1.165) is 13.0 Å². The van der Waals surface area contributed by atoms with Crippen molar-refractivity contribution in [3.05, 3.63) is 30.1 Å². The van der Waals surface area contributed by atoms with Gasteiger partial charge in [0.1, 0.15) is 23.8 Å². The first-order chi connectivity index (χ1) is 11.5. The number of rotatable bonds is 6. The van der Waals surface area contributed by atoms with Crippen LogP contribution in [0.15, 0.2) is 24.3 Å². The third-order valence-electron chi connectivity index (χ3n) is 5.07. The van der Waals surface area contributed by atoms with Crippen LogP contribution in [-0.2, 0) is 9.47 Å². The number of hydrogen-bond acceptors (Lipinski definition) is 5. The molecule has 2 aliphatic heterocycles. The largest absolute Gasteiger partial charge is 0.490 e. The number of hydrogen-bond donors (Lipinski definition) is 1. The van der Waals surface area contributed by atoms with Crippen LogP contribution in [-0.4, -0.2) is 67.8 Å². The Morgan fingerprint density at radius 3 is 2.79 bits per heavy atom. The number of nitrogens with zero attached hydrogens (tertiary/aromatic N) is 1. The third-order valence-corrected chi connectivity index (χ3v) is 5.07. The molecule has 3 rings (SSSR count). The van der Waals surface area contributed by atoms with Crippen molar-refractivity contribution >= 4 is 0 Å². The van der Waals surface area contributed by atoms with Crippen molar-refractivity contribution in [2.45, 2.75) is 30.5 Å². The average molecular weight is 339 g/mol. The summed E-state index contributed by atoms with van der Waals surface area (Å²) in [5.41, 5.74) is -1.10. The van der Waals surface area contributed by atoms with E-state index in [2.05, 4.69) is 4.90 Å². The lowest BCUT2D eigenvalue weighted by Gasteiger charge is -2.36. The van der Waals surface area contributed by atoms with Crippen LogP contribution < -0.4 is 4.74 Å². The van der Waals surface area contributed by atoms with Crippen molar-refractivity contribution in [2.24, 2.45) is 0 Å². The quantitative estimate of drug-likeness (QED) is 0.857. The Balaban J connectivity index is 1.56. The fraction of sp³-hybridized carbons (Fsp3) is 0.667. The molecule has 0 spiro atoms. The van der Waals surface area contributed by atoms with Crippen LogP contribution >= 0.6 is 0 Å². The first-order valence-electron chi connectivity index (χ1n) is 8.49. The predicted molar refractivity (Wildman–Crippen MR) is 87.7 cm³/mol. The van der Waals surface area contributed by atoms with Gasteiger partial charge in [0, 0.05) is 58.9 Å². The van der Waals surface area contributed by atoms with E-state index in [1.807, 2.05) is 0 Å². The number of benzene rings is 1. The second-order valence-corrected chi connectivity index (χ2v) is 6.93. The topological polar surface area (TPSA) is 51.2 Å². The molecular weight excluding hydrogens is 313 g/mol. The van der Waals surface area contributed by atoms with Gasteiger partial charge in [-0.05, 0) is 18.6 Å². The van der Waals surface area contributed by atoms with E-state index in [1.165, 1.54) is 12.1 Å². The molecule has 0 radical (unpaired) electrons. The molecule has 2 saturated heterocycles. The van der Waals surface area contributed by atoms with E-state index in [1.54, 1.807) is 19.2 Å². The van der Waals surface area contributed by atoms with E-state index >= 15 is 0 Å². The highest BCUT2D eigenvalue weighted by Gasteiger charge is 2.42. The van der Waals surface area contributed by atoms with Gasteiger partial charge < -0.3 is 19.3 Å². The molecule has 2 fully saturated rings. The first-order valence-corrected chi connectivity index (χ1v) is 8.49. The molecule has 0 unspecified atom stereocenters. The first kappa shape index (κ1) is 17.6. The molecule has 2 heterocycles. The van der Waals surface area contributed by atoms with Crippen LogP contribution in [0.1, 0.15) is 19.3 Å². The summed E-state index contributed by atoms with van der Waals surface area (Å²) in [6.45, 7) is 3.77. The van der Waals surface area contributed by atoms with Gasteiger partial charge >= 0.3 is 0 Å². The van der Waals surface area contributed by atoms with Gasteiger partial charge in [0.15, 0.2) is 0 Å². The van der Waals surface area contributed by atoms with Crippen molar-refractivity contribution < 1.29 is 23.7 Å². The Hall–Kier alpha value is -1.21. The van der Waals surface area contributed by atoms with Gasteiger partial charge in [0.2, 0.25) is 0 Å². The van der Waals surface area contributed by atoms with Gasteiger partial charge in [0.25, 0.3) is 0 Å². The number of likely N-dealkylation sites (tertiary alicyclic amines) is 1. The molecule has 1 N–H and O–H groups in total. The molecule has 6 heteroatoms. The van der Waals surface area contributed by atoms with E-state index in [4.69, 9.17) is 14.2 Å². The molecule has 0 aromatic heterocycles. The number of halogens is 1. The number of aliphatic hydroxyl groups is 1. The lowest BCUT2D eigenvalue weighted by atomic mass is 9.94. The van der Waals surface area contributed by atoms with Gasteiger partial charge in [0.05, 0.1) is 5.60 Å². The molecule has 5 nitrogen and oxygen atoms in total. The maximum atomic E-state index is 13.3. The van der Waals surface area contributed by atoms with Crippen molar-refractivity contribution in [1.82, 2.24) is 4.90 Å². The zero-order valence-corrected chi connectivity index (χ0v) is 14.2. The molecule has 2 aliphatic rings. The number of methoxy groups -OCH3 is 1. The molecule has 0 aliphatic carbocycles. The fourth-order valence-electron chi connectivity index (χ4n) is 3.50. The maximum Gasteiger partial charge on any atom is 0.126 e. The smallest absolute Gasteiger partial charge is 0.126 e. The number of ether oxygens (including phenoxy) is 3. The highest BCUT2D eigenvalue weighted by atomic mass is 19.1. The monoisotopic (exact) mass is 339 g/mol. The molecular formula is C18H26FNO4. The zero-order valence-electron chi connectivity index (χ0n) is 14.2. The molecule has 0 bridgehead atoms. The van der Waals surface area contributed by atoms with Crippen LogP contribution in [0.4, 0.5) is 4.39 Å². The summed E-state index contributed by atoms with van der Waals surface area (Å²) in [6.07, 6.45) is 2.16. The highest BCUT2D eigenvalue weighted by Crippen LogP contribution is 2.30. The molecule has 0 amide bonds. The number of β-amino-alcohol motifs (C(OH)–C–C–N with tert-alkyl or cyclic N) is 1. The van der Waals surface area contributed by atoms with Crippen LogP contribution in [0.25, 0.3) is 0 Å². The van der Waals surface area contributed by atoms with Crippen molar-refractivity contribution in [3.8, 4) is 5.75 Å². The van der Waals surface area contributed by atoms with Crippen molar-refractivity contribution in [1.29, 1.82) is 0 Å². The predicted octanol–water partition coefficient (Wildman–Crippen LogP) is 1.84. The van der Waals surface area contributed by atoms with E-state index in [-0.39, 0.29) is 5.82 Å². The summed E-state index contributed by atoms with van der Waals surface area (Å²) in [4.78, 5) is 2.23. The molecule has 134 valence electrons. The minimum atomic E-state index is -0.675. The second-order valence-electron chi connectivity index (χ2n) is 6.93. The van der Waals surface area contributed by atoms with E-state index in [9.17, 15) is 9.50 Å². The molecule has 1 aromatic rings. The summed E-state index contributed by atoms with van der Waals surface area (Å²) >= 11 is 0. The van der Waals surface area contributed by atoms with Gasteiger partial charge in [-0.3, -0.25) is 4.90 Å². The minimum Gasteiger partial charge on any atom is -0.490 e. The Morgan fingerprint density at radius 2 is 2.08 bits per heavy atom. The zero-order chi connectivity index (χ0) is 17.0. The minimum absolute atomic E-state index is 0.311. The van der Waals surface area contributed by atoms with Crippen molar-refractivity contribution in [3.63, 3.8) is 0 Å². The van der Waals surface area contributed by atoms with E-state index < -0.39 is 11.2 Å². The SMILES string of the molecule is CO[C@]1(COc2cccc(F)c2)CCN(CC2(O)CCOCC2)C1. The van der Waals surface area contributed by atoms with Crippen LogP contribution in [0.2, 0.25) is 0 Å². The molecule has 1 aromatic carbocycles. The molecule has 0 saturated carbocycles. The summed E-state index contributed by atoms with van der Waals surface area (Å²) in [6, 6.07) is 6.14. The fourth-order valence-corrected chi connectivity index (χ4v) is 3.50. The molecule has 1 atom stereocenters. The lowest BCUT2D eigenvalue weighted by Crippen LogP contribution is -2.48. The summed E-state index contributed by atoms with van der Waals surface area (Å²) in [5, 5.41) is 10.7. The van der Waals surface area contributed by atoms with Crippen molar-refractivity contribution in [2.75, 3.05) is 46.6 Å². The Bertz CT molecular complexity index is 550. The summed E-state index contributed by atoms with van der Waals surface area (Å²) in [5.74, 6) is 0.196. The Labute approximate surface area is 142 Å². The Morgan fingerprint density at radius 1 is 1.29 bits per heavy atom. The summed E-state index contributed by atoms with van der Waals surface area (Å²) < 4.78 is 30.1. The normalized spacial score (nSPS) is 27.3.